The number of nitrogens with one attached hydrogen (secondary N) is 1. The molecule has 1 N–H and O–H groups in total. The van der Waals surface area contributed by atoms with Crippen molar-refractivity contribution < 1.29 is 4.79 Å². The monoisotopic (exact) mass is 418 g/mol. The second-order valence-corrected chi connectivity index (χ2v) is 8.83. The molecule has 2 aliphatic rings. The van der Waals surface area contributed by atoms with Gasteiger partial charge in [-0.25, -0.2) is 9.97 Å². The van der Waals surface area contributed by atoms with Crippen molar-refractivity contribution >= 4 is 28.4 Å². The minimum absolute atomic E-state index is 0.190. The second kappa shape index (κ2) is 8.57. The van der Waals surface area contributed by atoms with Crippen LogP contribution in [0.2, 0.25) is 0 Å². The Labute approximate surface area is 183 Å². The molecule has 2 saturated heterocycles. The lowest BCUT2D eigenvalue weighted by molar-refractivity contribution is -0.130. The van der Waals surface area contributed by atoms with Gasteiger partial charge < -0.3 is 19.7 Å². The zero-order valence-corrected chi connectivity index (χ0v) is 18.1. The SMILES string of the molecule is CC1CCCN(c2cc(N3CCN(C(=O)Cc4c[nH]c5ccccc45)CC3)ncn2)C1. The number of para-hydroxylation sites is 1. The average molecular weight is 419 g/mol. The van der Waals surface area contributed by atoms with Gasteiger partial charge in [0.25, 0.3) is 0 Å². The maximum absolute atomic E-state index is 12.9. The third-order valence-corrected chi connectivity index (χ3v) is 6.59. The molecule has 1 aromatic carbocycles. The number of aromatic nitrogens is 3. The third kappa shape index (κ3) is 4.22. The highest BCUT2D eigenvalue weighted by Gasteiger charge is 2.24. The Morgan fingerprint density at radius 1 is 1.06 bits per heavy atom. The molecule has 162 valence electrons. The first-order chi connectivity index (χ1) is 15.2. The van der Waals surface area contributed by atoms with Gasteiger partial charge in [0.1, 0.15) is 18.0 Å². The van der Waals surface area contributed by atoms with Crippen LogP contribution in [0, 0.1) is 5.92 Å². The Morgan fingerprint density at radius 3 is 2.65 bits per heavy atom. The van der Waals surface area contributed by atoms with Gasteiger partial charge in [-0.2, -0.15) is 0 Å². The first-order valence-corrected chi connectivity index (χ1v) is 11.3. The Morgan fingerprint density at radius 2 is 1.84 bits per heavy atom. The number of fused-ring (bicyclic) bond motifs is 1. The molecule has 2 aliphatic heterocycles. The summed E-state index contributed by atoms with van der Waals surface area (Å²) in [6.45, 7) is 7.48. The van der Waals surface area contributed by atoms with Crippen LogP contribution in [-0.2, 0) is 11.2 Å². The van der Waals surface area contributed by atoms with Crippen LogP contribution in [0.3, 0.4) is 0 Å². The van der Waals surface area contributed by atoms with E-state index < -0.39 is 0 Å². The molecule has 0 radical (unpaired) electrons. The maximum Gasteiger partial charge on any atom is 0.227 e. The van der Waals surface area contributed by atoms with E-state index in [1.54, 1.807) is 6.33 Å². The number of benzene rings is 1. The molecule has 2 fully saturated rings. The van der Waals surface area contributed by atoms with Gasteiger partial charge in [-0.15, -0.1) is 0 Å². The molecule has 7 nitrogen and oxygen atoms in total. The molecular formula is C24H30N6O. The van der Waals surface area contributed by atoms with E-state index in [1.165, 1.54) is 12.8 Å². The summed E-state index contributed by atoms with van der Waals surface area (Å²) in [5.74, 6) is 2.88. The molecule has 3 aromatic rings. The van der Waals surface area contributed by atoms with E-state index in [2.05, 4.69) is 43.8 Å². The quantitative estimate of drug-likeness (QED) is 0.705. The zero-order chi connectivity index (χ0) is 21.2. The van der Waals surface area contributed by atoms with Crippen molar-refractivity contribution in [1.29, 1.82) is 0 Å². The number of nitrogens with zero attached hydrogens (tertiary/aromatic N) is 5. The summed E-state index contributed by atoms with van der Waals surface area (Å²) in [6.07, 6.45) is 6.59. The number of hydrogen-bond donors (Lipinski definition) is 1. The molecule has 1 atom stereocenters. The molecule has 5 rings (SSSR count). The molecule has 1 amide bonds. The number of carbonyl (C=O) groups excluding carboxylic acids is 1. The lowest BCUT2D eigenvalue weighted by Crippen LogP contribution is -2.49. The Balaban J connectivity index is 1.20. The third-order valence-electron chi connectivity index (χ3n) is 6.59. The molecule has 4 heterocycles. The van der Waals surface area contributed by atoms with Gasteiger partial charge >= 0.3 is 0 Å². The van der Waals surface area contributed by atoms with Crippen molar-refractivity contribution in [3.8, 4) is 0 Å². The fourth-order valence-corrected chi connectivity index (χ4v) is 4.82. The number of piperidine rings is 1. The van der Waals surface area contributed by atoms with Gasteiger partial charge in [-0.3, -0.25) is 4.79 Å². The molecule has 0 saturated carbocycles. The Bertz CT molecular complexity index is 1050. The highest BCUT2D eigenvalue weighted by molar-refractivity contribution is 5.89. The van der Waals surface area contributed by atoms with Gasteiger partial charge in [0.05, 0.1) is 6.42 Å². The normalized spacial score (nSPS) is 19.8. The van der Waals surface area contributed by atoms with E-state index in [0.717, 1.165) is 67.4 Å². The topological polar surface area (TPSA) is 68.4 Å². The zero-order valence-electron chi connectivity index (χ0n) is 18.1. The largest absolute Gasteiger partial charge is 0.361 e. The number of rotatable bonds is 4. The number of piperazine rings is 1. The number of aromatic amines is 1. The number of amides is 1. The molecule has 2 aromatic heterocycles. The Kier molecular flexibility index (Phi) is 5.49. The number of H-pyrrole nitrogens is 1. The van der Waals surface area contributed by atoms with E-state index in [1.807, 2.05) is 29.3 Å². The van der Waals surface area contributed by atoms with E-state index in [-0.39, 0.29) is 5.91 Å². The fraction of sp³-hybridized carbons (Fsp3) is 0.458. The smallest absolute Gasteiger partial charge is 0.227 e. The molecule has 0 aliphatic carbocycles. The molecule has 1 unspecified atom stereocenters. The molecule has 0 bridgehead atoms. The first kappa shape index (κ1) is 19.8. The van der Waals surface area contributed by atoms with E-state index in [4.69, 9.17) is 0 Å². The minimum Gasteiger partial charge on any atom is -0.361 e. The van der Waals surface area contributed by atoms with Crippen LogP contribution in [0.1, 0.15) is 25.3 Å². The summed E-state index contributed by atoms with van der Waals surface area (Å²) < 4.78 is 0. The molecule has 31 heavy (non-hydrogen) atoms. The van der Waals surface area contributed by atoms with Gasteiger partial charge in [0, 0.05) is 62.4 Å². The summed E-state index contributed by atoms with van der Waals surface area (Å²) in [6, 6.07) is 10.3. The van der Waals surface area contributed by atoms with Crippen LogP contribution in [0.15, 0.2) is 42.9 Å². The van der Waals surface area contributed by atoms with Crippen LogP contribution in [0.4, 0.5) is 11.6 Å². The van der Waals surface area contributed by atoms with Crippen molar-refractivity contribution in [1.82, 2.24) is 19.9 Å². The van der Waals surface area contributed by atoms with Gasteiger partial charge in [-0.1, -0.05) is 25.1 Å². The van der Waals surface area contributed by atoms with Gasteiger partial charge in [0.15, 0.2) is 0 Å². The molecule has 7 heteroatoms. The predicted molar refractivity (Wildman–Crippen MR) is 123 cm³/mol. The lowest BCUT2D eigenvalue weighted by atomic mass is 10.0. The summed E-state index contributed by atoms with van der Waals surface area (Å²) in [5, 5.41) is 1.13. The highest BCUT2D eigenvalue weighted by atomic mass is 16.2. The Hall–Kier alpha value is -3.09. The van der Waals surface area contributed by atoms with E-state index in [9.17, 15) is 4.79 Å². The summed E-state index contributed by atoms with van der Waals surface area (Å²) in [4.78, 5) is 31.8. The van der Waals surface area contributed by atoms with Crippen molar-refractivity contribution in [3.05, 3.63) is 48.4 Å². The summed E-state index contributed by atoms with van der Waals surface area (Å²) >= 11 is 0. The lowest BCUT2D eigenvalue weighted by Gasteiger charge is -2.36. The van der Waals surface area contributed by atoms with Crippen LogP contribution < -0.4 is 9.80 Å². The van der Waals surface area contributed by atoms with Crippen LogP contribution in [0.5, 0.6) is 0 Å². The van der Waals surface area contributed by atoms with E-state index >= 15 is 0 Å². The van der Waals surface area contributed by atoms with Crippen LogP contribution in [-0.4, -0.2) is 65.0 Å². The first-order valence-electron chi connectivity index (χ1n) is 11.3. The average Bonchev–Trinajstić information content (AvgIpc) is 3.22. The number of carbonyl (C=O) groups is 1. The van der Waals surface area contributed by atoms with Crippen molar-refractivity contribution in [3.63, 3.8) is 0 Å². The van der Waals surface area contributed by atoms with E-state index in [0.29, 0.717) is 12.3 Å². The van der Waals surface area contributed by atoms with Gasteiger partial charge in [0.2, 0.25) is 5.91 Å². The van der Waals surface area contributed by atoms with Crippen molar-refractivity contribution in [2.45, 2.75) is 26.2 Å². The maximum atomic E-state index is 12.9. The van der Waals surface area contributed by atoms with Gasteiger partial charge in [-0.05, 0) is 30.4 Å². The number of hydrogen-bond acceptors (Lipinski definition) is 5. The minimum atomic E-state index is 0.190. The van der Waals surface area contributed by atoms with Crippen molar-refractivity contribution in [2.75, 3.05) is 49.1 Å². The fourth-order valence-electron chi connectivity index (χ4n) is 4.82. The second-order valence-electron chi connectivity index (χ2n) is 8.83. The standard InChI is InChI=1S/C24H30N6O/c1-18-5-4-8-30(16-18)23-14-22(26-17-27-23)28-9-11-29(12-10-28)24(31)13-19-15-25-21-7-3-2-6-20(19)21/h2-3,6-7,14-15,17-18,25H,4-5,8-13,16H2,1H3. The summed E-state index contributed by atoms with van der Waals surface area (Å²) in [5.41, 5.74) is 2.15. The number of anilines is 2. The molecular weight excluding hydrogens is 388 g/mol. The van der Waals surface area contributed by atoms with Crippen molar-refractivity contribution in [2.24, 2.45) is 5.92 Å². The van der Waals surface area contributed by atoms with Crippen LogP contribution in [0.25, 0.3) is 10.9 Å². The van der Waals surface area contributed by atoms with Crippen LogP contribution >= 0.6 is 0 Å². The molecule has 0 spiro atoms. The predicted octanol–water partition coefficient (Wildman–Crippen LogP) is 3.09. The summed E-state index contributed by atoms with van der Waals surface area (Å²) in [7, 11) is 0. The highest BCUT2D eigenvalue weighted by Crippen LogP contribution is 2.24.